The predicted molar refractivity (Wildman–Crippen MR) is 202 cm³/mol. The number of carbonyl (C=O) groups is 1. The minimum absolute atomic E-state index is 0.0265. The Morgan fingerprint density at radius 3 is 1.94 bits per heavy atom. The molecule has 302 valence electrons. The molecule has 52 heavy (non-hydrogen) atoms. The molecule has 0 radical (unpaired) electrons. The second kappa shape index (κ2) is 31.4. The lowest BCUT2D eigenvalue weighted by molar-refractivity contribution is -0.301. The lowest BCUT2D eigenvalue weighted by Gasteiger charge is -2.41. The van der Waals surface area contributed by atoms with E-state index in [2.05, 4.69) is 66.6 Å². The van der Waals surface area contributed by atoms with Gasteiger partial charge in [0.1, 0.15) is 30.5 Å². The summed E-state index contributed by atoms with van der Waals surface area (Å²) in [5.74, 6) is -0.419. The Bertz CT molecular complexity index is 1110. The van der Waals surface area contributed by atoms with Gasteiger partial charge in [0.05, 0.1) is 19.8 Å². The topological polar surface area (TPSA) is 178 Å². The Morgan fingerprint density at radius 1 is 0.750 bits per heavy atom. The van der Waals surface area contributed by atoms with Crippen LogP contribution in [-0.2, 0) is 38.3 Å². The molecule has 0 spiro atoms. The van der Waals surface area contributed by atoms with E-state index in [1.54, 1.807) is 0 Å². The minimum Gasteiger partial charge on any atom is -0.457 e. The maximum atomic E-state index is 12.6. The maximum Gasteiger partial charge on any atom is 0.397 e. The van der Waals surface area contributed by atoms with E-state index in [0.717, 1.165) is 83.5 Å². The number of allylic oxidation sites excluding steroid dienone is 8. The molecule has 0 saturated carbocycles. The van der Waals surface area contributed by atoms with Crippen LogP contribution in [-0.4, -0.2) is 97.5 Å². The largest absolute Gasteiger partial charge is 0.457 e. The molecule has 0 aliphatic carbocycles. The summed E-state index contributed by atoms with van der Waals surface area (Å²) in [7, 11) is -5.05. The van der Waals surface area contributed by atoms with Crippen LogP contribution in [0.3, 0.4) is 0 Å². The van der Waals surface area contributed by atoms with Gasteiger partial charge in [-0.1, -0.05) is 120 Å². The fourth-order valence-corrected chi connectivity index (χ4v) is 6.05. The van der Waals surface area contributed by atoms with Gasteiger partial charge >= 0.3 is 16.4 Å². The van der Waals surface area contributed by atoms with E-state index < -0.39 is 59.8 Å². The molecule has 6 atom stereocenters. The van der Waals surface area contributed by atoms with Crippen molar-refractivity contribution in [3.8, 4) is 0 Å². The Kier molecular flexibility index (Phi) is 29.0. The van der Waals surface area contributed by atoms with Gasteiger partial charge in [0.25, 0.3) is 0 Å². The summed E-state index contributed by atoms with van der Waals surface area (Å²) >= 11 is 0. The maximum absolute atomic E-state index is 12.6. The summed E-state index contributed by atoms with van der Waals surface area (Å²) in [6.07, 6.45) is 26.4. The highest BCUT2D eigenvalue weighted by Gasteiger charge is 2.48. The summed E-state index contributed by atoms with van der Waals surface area (Å²) in [6.45, 7) is 3.72. The van der Waals surface area contributed by atoms with Crippen molar-refractivity contribution in [3.05, 3.63) is 48.6 Å². The second-order valence-electron chi connectivity index (χ2n) is 13.1. The molecular formula is C39H68O12S. The highest BCUT2D eigenvalue weighted by Crippen LogP contribution is 2.26. The van der Waals surface area contributed by atoms with Crippen molar-refractivity contribution in [2.24, 2.45) is 0 Å². The van der Waals surface area contributed by atoms with Gasteiger partial charge in [0.2, 0.25) is 0 Å². The molecule has 1 aliphatic heterocycles. The Morgan fingerprint density at radius 2 is 1.33 bits per heavy atom. The quantitative estimate of drug-likeness (QED) is 0.0243. The molecule has 0 aromatic rings. The van der Waals surface area contributed by atoms with Gasteiger partial charge in [-0.25, -0.2) is 4.18 Å². The number of aliphatic hydroxyl groups is 3. The third-order valence-electron chi connectivity index (χ3n) is 8.47. The molecule has 1 fully saturated rings. The lowest BCUT2D eigenvalue weighted by Crippen LogP contribution is -2.60. The van der Waals surface area contributed by atoms with E-state index in [0.29, 0.717) is 13.0 Å². The first-order chi connectivity index (χ1) is 25.1. The summed E-state index contributed by atoms with van der Waals surface area (Å²) in [4.78, 5) is 12.6. The van der Waals surface area contributed by atoms with Crippen molar-refractivity contribution in [1.29, 1.82) is 0 Å². The van der Waals surface area contributed by atoms with Crippen LogP contribution in [0.25, 0.3) is 0 Å². The van der Waals surface area contributed by atoms with Gasteiger partial charge < -0.3 is 34.3 Å². The van der Waals surface area contributed by atoms with Crippen LogP contribution >= 0.6 is 0 Å². The number of ether oxygens (including phenoxy) is 4. The molecule has 1 saturated heterocycles. The van der Waals surface area contributed by atoms with Crippen molar-refractivity contribution >= 4 is 16.4 Å². The zero-order valence-corrected chi connectivity index (χ0v) is 32.4. The molecule has 0 aromatic carbocycles. The van der Waals surface area contributed by atoms with Crippen molar-refractivity contribution in [1.82, 2.24) is 0 Å². The zero-order chi connectivity index (χ0) is 38.3. The Hall–Kier alpha value is -1.94. The normalized spacial score (nSPS) is 22.0. The fraction of sp³-hybridized carbons (Fsp3) is 0.769. The first-order valence-corrected chi connectivity index (χ1v) is 20.8. The first-order valence-electron chi connectivity index (χ1n) is 19.4. The van der Waals surface area contributed by atoms with Crippen molar-refractivity contribution in [2.45, 2.75) is 166 Å². The summed E-state index contributed by atoms with van der Waals surface area (Å²) < 4.78 is 58.5. The molecule has 1 rings (SSSR count). The standard InChI is InChI=1S/C39H68O12S/c1-3-5-7-9-10-11-12-13-14-15-16-17-18-19-20-21-22-23-25-27-29-47-31-33(49-35(41)28-26-24-8-6-4-2)32-48-39-37(43)38(51-52(44,45)46)36(42)34(30-40)50-39/h5,7,10-11,13-14,16-17,33-34,36-40,42-43H,3-4,6,8-9,12,15,18-32H2,1-2H3,(H,44,45,46)/b7-5-,11-10-,14-13-,17-16-. The summed E-state index contributed by atoms with van der Waals surface area (Å²) in [5, 5.41) is 30.4. The number of rotatable bonds is 32. The van der Waals surface area contributed by atoms with Crippen LogP contribution in [0.4, 0.5) is 0 Å². The van der Waals surface area contributed by atoms with Crippen LogP contribution in [0.15, 0.2) is 48.6 Å². The molecule has 12 nitrogen and oxygen atoms in total. The first kappa shape index (κ1) is 48.1. The number of carbonyl (C=O) groups excluding carboxylic acids is 1. The Balaban J connectivity index is 2.37. The summed E-state index contributed by atoms with van der Waals surface area (Å²) in [5.41, 5.74) is 0. The van der Waals surface area contributed by atoms with Gasteiger partial charge in [-0.3, -0.25) is 9.35 Å². The van der Waals surface area contributed by atoms with Crippen molar-refractivity contribution in [3.63, 3.8) is 0 Å². The summed E-state index contributed by atoms with van der Waals surface area (Å²) in [6, 6.07) is 0. The smallest absolute Gasteiger partial charge is 0.397 e. The van der Waals surface area contributed by atoms with Crippen LogP contribution in [0.5, 0.6) is 0 Å². The van der Waals surface area contributed by atoms with E-state index in [9.17, 15) is 28.5 Å². The average Bonchev–Trinajstić information content (AvgIpc) is 3.11. The second-order valence-corrected chi connectivity index (χ2v) is 14.2. The number of aliphatic hydroxyl groups excluding tert-OH is 3. The Labute approximate surface area is 313 Å². The predicted octanol–water partition coefficient (Wildman–Crippen LogP) is 6.84. The number of hydrogen-bond donors (Lipinski definition) is 4. The molecule has 0 aromatic heterocycles. The van der Waals surface area contributed by atoms with Gasteiger partial charge in [0, 0.05) is 13.0 Å². The third-order valence-corrected chi connectivity index (χ3v) is 8.93. The number of hydrogen-bond acceptors (Lipinski definition) is 11. The lowest BCUT2D eigenvalue weighted by atomic mass is 9.99. The van der Waals surface area contributed by atoms with Gasteiger partial charge in [-0.05, 0) is 51.4 Å². The minimum atomic E-state index is -5.05. The molecule has 1 heterocycles. The molecule has 13 heteroatoms. The third kappa shape index (κ3) is 25.1. The van der Waals surface area contributed by atoms with Gasteiger partial charge in [-0.2, -0.15) is 8.42 Å². The molecule has 0 bridgehead atoms. The highest BCUT2D eigenvalue weighted by atomic mass is 32.3. The van der Waals surface area contributed by atoms with Crippen LogP contribution < -0.4 is 0 Å². The zero-order valence-electron chi connectivity index (χ0n) is 31.6. The molecule has 4 N–H and O–H groups in total. The van der Waals surface area contributed by atoms with E-state index in [4.69, 9.17) is 23.5 Å². The van der Waals surface area contributed by atoms with Crippen molar-refractivity contribution < 1.29 is 56.2 Å². The fourth-order valence-electron chi connectivity index (χ4n) is 5.54. The van der Waals surface area contributed by atoms with E-state index in [1.165, 1.54) is 19.3 Å². The number of esters is 1. The van der Waals surface area contributed by atoms with Crippen LogP contribution in [0.1, 0.15) is 129 Å². The molecule has 1 aliphatic rings. The van der Waals surface area contributed by atoms with Gasteiger partial charge in [0.15, 0.2) is 6.29 Å². The SMILES string of the molecule is CC/C=C\C/C=C\C/C=C\C/C=C\CCCCCCCCCOCC(COC1OC(CO)C(O)C(OS(=O)(=O)O)C1O)OC(=O)CCCCCCC. The van der Waals surface area contributed by atoms with Crippen LogP contribution in [0, 0.1) is 0 Å². The van der Waals surface area contributed by atoms with E-state index in [1.807, 2.05) is 0 Å². The molecule has 0 amide bonds. The van der Waals surface area contributed by atoms with E-state index in [-0.39, 0.29) is 19.6 Å². The average molecular weight is 761 g/mol. The van der Waals surface area contributed by atoms with Crippen LogP contribution in [0.2, 0.25) is 0 Å². The van der Waals surface area contributed by atoms with E-state index >= 15 is 0 Å². The van der Waals surface area contributed by atoms with Gasteiger partial charge in [-0.15, -0.1) is 0 Å². The molecular weight excluding hydrogens is 692 g/mol. The molecule has 6 unspecified atom stereocenters. The monoisotopic (exact) mass is 760 g/mol. The highest BCUT2D eigenvalue weighted by molar-refractivity contribution is 7.80. The van der Waals surface area contributed by atoms with Crippen molar-refractivity contribution in [2.75, 3.05) is 26.4 Å². The number of unbranched alkanes of at least 4 members (excludes halogenated alkanes) is 11.